The molecule has 0 unspecified atom stereocenters. The first kappa shape index (κ1) is 15.7. The van der Waals surface area contributed by atoms with Gasteiger partial charge in [0.15, 0.2) is 0 Å². The van der Waals surface area contributed by atoms with E-state index in [2.05, 4.69) is 16.8 Å². The maximum atomic E-state index is 6.03. The summed E-state index contributed by atoms with van der Waals surface area (Å²) in [5.41, 5.74) is 6.26. The van der Waals surface area contributed by atoms with Gasteiger partial charge in [0, 0.05) is 17.5 Å². The van der Waals surface area contributed by atoms with E-state index in [-0.39, 0.29) is 0 Å². The van der Waals surface area contributed by atoms with Gasteiger partial charge in [-0.3, -0.25) is 0 Å². The molecule has 0 fully saturated rings. The van der Waals surface area contributed by atoms with Crippen LogP contribution in [0.25, 0.3) is 0 Å². The lowest BCUT2D eigenvalue weighted by atomic mass is 10.2. The molecular formula is C16H15ClN2OS. The average molecular weight is 319 g/mol. The number of ether oxygens (including phenoxy) is 1. The van der Waals surface area contributed by atoms with Gasteiger partial charge in [-0.15, -0.1) is 11.8 Å². The van der Waals surface area contributed by atoms with Crippen molar-refractivity contribution in [1.29, 1.82) is 0 Å². The molecule has 0 saturated carbocycles. The quantitative estimate of drug-likeness (QED) is 0.522. The minimum atomic E-state index is 0.367. The molecule has 0 aliphatic heterocycles. The van der Waals surface area contributed by atoms with E-state index in [9.17, 15) is 0 Å². The molecule has 2 N–H and O–H groups in total. The molecule has 2 rings (SSSR count). The Kier molecular flexibility index (Phi) is 6.42. The number of pyridine rings is 1. The minimum absolute atomic E-state index is 0.367. The molecule has 108 valence electrons. The zero-order chi connectivity index (χ0) is 14.9. The Balaban J connectivity index is 1.77. The van der Waals surface area contributed by atoms with Crippen molar-refractivity contribution in [2.24, 2.45) is 5.73 Å². The molecule has 0 atom stereocenters. The van der Waals surface area contributed by atoms with Gasteiger partial charge < -0.3 is 10.5 Å². The second-order valence-electron chi connectivity index (χ2n) is 4.02. The Bertz CT molecular complexity index is 635. The van der Waals surface area contributed by atoms with E-state index < -0.39 is 0 Å². The third-order valence-electron chi connectivity index (χ3n) is 2.50. The zero-order valence-electron chi connectivity index (χ0n) is 11.4. The first-order chi connectivity index (χ1) is 10.3. The highest BCUT2D eigenvalue weighted by Gasteiger charge is 2.01. The standard InChI is InChI=1S/C16H15ClN2OS/c17-15-4-2-10-19-16(15)21-12-11-20-14-7-5-13(6-8-14)3-1-9-18/h2,4-8,10H,9,11-12,18H2. The van der Waals surface area contributed by atoms with Crippen LogP contribution in [0.3, 0.4) is 0 Å². The summed E-state index contributed by atoms with van der Waals surface area (Å²) in [5, 5.41) is 1.50. The van der Waals surface area contributed by atoms with Crippen LogP contribution < -0.4 is 10.5 Å². The number of thioether (sulfide) groups is 1. The molecule has 0 radical (unpaired) electrons. The van der Waals surface area contributed by atoms with Crippen molar-refractivity contribution in [2.45, 2.75) is 5.03 Å². The van der Waals surface area contributed by atoms with Crippen molar-refractivity contribution >= 4 is 23.4 Å². The summed E-state index contributed by atoms with van der Waals surface area (Å²) in [4.78, 5) is 4.21. The summed E-state index contributed by atoms with van der Waals surface area (Å²) in [6.45, 7) is 0.955. The van der Waals surface area contributed by atoms with Gasteiger partial charge in [0.05, 0.1) is 18.2 Å². The van der Waals surface area contributed by atoms with E-state index in [1.54, 1.807) is 18.0 Å². The molecule has 0 spiro atoms. The SMILES string of the molecule is NCC#Cc1ccc(OCCSc2ncccc2Cl)cc1. The van der Waals surface area contributed by atoms with Crippen LogP contribution in [-0.4, -0.2) is 23.9 Å². The summed E-state index contributed by atoms with van der Waals surface area (Å²) in [6, 6.07) is 11.3. The molecule has 5 heteroatoms. The second-order valence-corrected chi connectivity index (χ2v) is 5.51. The molecule has 0 aliphatic carbocycles. The van der Waals surface area contributed by atoms with Gasteiger partial charge in [0.25, 0.3) is 0 Å². The predicted octanol–water partition coefficient (Wildman–Crippen LogP) is 3.22. The molecule has 0 amide bonds. The van der Waals surface area contributed by atoms with Gasteiger partial charge in [0.1, 0.15) is 10.8 Å². The number of benzene rings is 1. The van der Waals surface area contributed by atoms with Crippen LogP contribution in [0.5, 0.6) is 5.75 Å². The first-order valence-electron chi connectivity index (χ1n) is 6.44. The van der Waals surface area contributed by atoms with Gasteiger partial charge >= 0.3 is 0 Å². The molecule has 0 bridgehead atoms. The number of hydrogen-bond acceptors (Lipinski definition) is 4. The maximum absolute atomic E-state index is 6.03. The van der Waals surface area contributed by atoms with E-state index in [1.807, 2.05) is 36.4 Å². The summed E-state index contributed by atoms with van der Waals surface area (Å²) < 4.78 is 5.66. The zero-order valence-corrected chi connectivity index (χ0v) is 13.0. The third-order valence-corrected chi connectivity index (χ3v) is 3.89. The molecule has 0 aliphatic rings. The van der Waals surface area contributed by atoms with E-state index >= 15 is 0 Å². The molecular weight excluding hydrogens is 304 g/mol. The van der Waals surface area contributed by atoms with Crippen molar-refractivity contribution in [3.05, 3.63) is 53.2 Å². The summed E-state index contributed by atoms with van der Waals surface area (Å²) in [6.07, 6.45) is 1.73. The highest BCUT2D eigenvalue weighted by Crippen LogP contribution is 2.23. The number of aromatic nitrogens is 1. The summed E-state index contributed by atoms with van der Waals surface area (Å²) in [5.74, 6) is 7.39. The highest BCUT2D eigenvalue weighted by atomic mass is 35.5. The summed E-state index contributed by atoms with van der Waals surface area (Å²) in [7, 11) is 0. The highest BCUT2D eigenvalue weighted by molar-refractivity contribution is 7.99. The fraction of sp³-hybridized carbons (Fsp3) is 0.188. The molecule has 2 aromatic rings. The lowest BCUT2D eigenvalue weighted by molar-refractivity contribution is 0.344. The van der Waals surface area contributed by atoms with Gasteiger partial charge in [-0.2, -0.15) is 0 Å². The third kappa shape index (κ3) is 5.31. The number of rotatable bonds is 5. The molecule has 1 heterocycles. The smallest absolute Gasteiger partial charge is 0.119 e. The molecule has 1 aromatic heterocycles. The Morgan fingerprint density at radius 3 is 2.76 bits per heavy atom. The number of nitrogens with two attached hydrogens (primary N) is 1. The van der Waals surface area contributed by atoms with Gasteiger partial charge in [-0.25, -0.2) is 4.98 Å². The number of halogens is 1. The van der Waals surface area contributed by atoms with Crippen LogP contribution in [0.4, 0.5) is 0 Å². The monoisotopic (exact) mass is 318 g/mol. The Morgan fingerprint density at radius 1 is 1.24 bits per heavy atom. The summed E-state index contributed by atoms with van der Waals surface area (Å²) >= 11 is 7.61. The Labute approximate surface area is 133 Å². The molecule has 21 heavy (non-hydrogen) atoms. The lowest BCUT2D eigenvalue weighted by Gasteiger charge is -2.06. The predicted molar refractivity (Wildman–Crippen MR) is 87.8 cm³/mol. The van der Waals surface area contributed by atoms with E-state index in [0.29, 0.717) is 18.2 Å². The van der Waals surface area contributed by atoms with Crippen molar-refractivity contribution in [1.82, 2.24) is 4.98 Å². The fourth-order valence-electron chi connectivity index (χ4n) is 1.56. The van der Waals surface area contributed by atoms with Gasteiger partial charge in [0.2, 0.25) is 0 Å². The normalized spacial score (nSPS) is 9.81. The molecule has 0 saturated heterocycles. The Morgan fingerprint density at radius 2 is 2.05 bits per heavy atom. The van der Waals surface area contributed by atoms with E-state index in [1.165, 1.54) is 0 Å². The van der Waals surface area contributed by atoms with Crippen LogP contribution in [0.1, 0.15) is 5.56 Å². The van der Waals surface area contributed by atoms with Gasteiger partial charge in [-0.05, 0) is 36.4 Å². The lowest BCUT2D eigenvalue weighted by Crippen LogP contribution is -2.00. The van der Waals surface area contributed by atoms with E-state index in [0.717, 1.165) is 22.1 Å². The van der Waals surface area contributed by atoms with Crippen LogP contribution >= 0.6 is 23.4 Å². The van der Waals surface area contributed by atoms with Crippen molar-refractivity contribution < 1.29 is 4.74 Å². The van der Waals surface area contributed by atoms with Gasteiger partial charge in [-0.1, -0.05) is 23.4 Å². The topological polar surface area (TPSA) is 48.1 Å². The average Bonchev–Trinajstić information content (AvgIpc) is 2.52. The van der Waals surface area contributed by atoms with Crippen LogP contribution in [-0.2, 0) is 0 Å². The number of hydrogen-bond donors (Lipinski definition) is 1. The largest absolute Gasteiger partial charge is 0.493 e. The van der Waals surface area contributed by atoms with Crippen molar-refractivity contribution in [2.75, 3.05) is 18.9 Å². The fourth-order valence-corrected chi connectivity index (χ4v) is 2.55. The molecule has 1 aromatic carbocycles. The second kappa shape index (κ2) is 8.58. The van der Waals surface area contributed by atoms with E-state index in [4.69, 9.17) is 22.1 Å². The van der Waals surface area contributed by atoms with Crippen LogP contribution in [0.15, 0.2) is 47.6 Å². The minimum Gasteiger partial charge on any atom is -0.493 e. The molecule has 3 nitrogen and oxygen atoms in total. The maximum Gasteiger partial charge on any atom is 0.119 e. The van der Waals surface area contributed by atoms with Crippen LogP contribution in [0, 0.1) is 11.8 Å². The first-order valence-corrected chi connectivity index (χ1v) is 7.81. The number of nitrogens with zero attached hydrogens (tertiary/aromatic N) is 1. The van der Waals surface area contributed by atoms with Crippen LogP contribution in [0.2, 0.25) is 5.02 Å². The Hall–Kier alpha value is -1.67. The van der Waals surface area contributed by atoms with Crippen molar-refractivity contribution in [3.8, 4) is 17.6 Å². The van der Waals surface area contributed by atoms with Crippen molar-refractivity contribution in [3.63, 3.8) is 0 Å².